The highest BCUT2D eigenvalue weighted by atomic mass is 35.5. The van der Waals surface area contributed by atoms with Gasteiger partial charge in [-0.1, -0.05) is 23.7 Å². The van der Waals surface area contributed by atoms with Crippen molar-refractivity contribution in [3.63, 3.8) is 0 Å². The van der Waals surface area contributed by atoms with E-state index in [1.165, 1.54) is 13.0 Å². The molecule has 156 valence electrons. The van der Waals surface area contributed by atoms with E-state index in [1.807, 2.05) is 0 Å². The van der Waals surface area contributed by atoms with Crippen molar-refractivity contribution in [3.05, 3.63) is 50.9 Å². The Hall–Kier alpha value is -2.16. The van der Waals surface area contributed by atoms with E-state index in [2.05, 4.69) is 10.3 Å². The molecule has 28 heavy (non-hydrogen) atoms. The maximum Gasteiger partial charge on any atom is 0.422 e. The largest absolute Gasteiger partial charge is 0.422 e. The van der Waals surface area contributed by atoms with E-state index in [-0.39, 0.29) is 10.6 Å². The number of rotatable bonds is 5. The van der Waals surface area contributed by atoms with Crippen molar-refractivity contribution in [2.45, 2.75) is 32.4 Å². The van der Waals surface area contributed by atoms with E-state index in [4.69, 9.17) is 11.6 Å². The minimum Gasteiger partial charge on any atom is -0.385 e. The van der Waals surface area contributed by atoms with Crippen LogP contribution >= 0.6 is 11.6 Å². The SMILES string of the molecule is C/C(NCC(F)C(F)C(F)(F)F)=C(\C)c1cccc2[nH]c(=O)cc(Cl)c12.CF. The Labute approximate surface area is 162 Å². The summed E-state index contributed by atoms with van der Waals surface area (Å²) < 4.78 is 72.5. The van der Waals surface area contributed by atoms with Crippen molar-refractivity contribution in [3.8, 4) is 0 Å². The van der Waals surface area contributed by atoms with Gasteiger partial charge in [0.25, 0.3) is 0 Å². The molecule has 0 spiro atoms. The lowest BCUT2D eigenvalue weighted by atomic mass is 10.00. The zero-order valence-electron chi connectivity index (χ0n) is 15.2. The fourth-order valence-corrected chi connectivity index (χ4v) is 2.78. The van der Waals surface area contributed by atoms with Gasteiger partial charge in [0.2, 0.25) is 11.7 Å². The predicted octanol–water partition coefficient (Wildman–Crippen LogP) is 5.35. The zero-order chi connectivity index (χ0) is 21.6. The molecule has 2 rings (SSSR count). The lowest BCUT2D eigenvalue weighted by Crippen LogP contribution is -2.39. The van der Waals surface area contributed by atoms with Gasteiger partial charge in [-0.25, -0.2) is 8.78 Å². The smallest absolute Gasteiger partial charge is 0.385 e. The number of nitrogens with one attached hydrogen (secondary N) is 2. The Morgan fingerprint density at radius 3 is 2.39 bits per heavy atom. The molecule has 10 heteroatoms. The molecule has 2 aromatic rings. The first-order valence-electron chi connectivity index (χ1n) is 7.98. The number of fused-ring (bicyclic) bond motifs is 1. The van der Waals surface area contributed by atoms with Gasteiger partial charge in [0.1, 0.15) is 0 Å². The van der Waals surface area contributed by atoms with Crippen molar-refractivity contribution in [1.82, 2.24) is 10.3 Å². The summed E-state index contributed by atoms with van der Waals surface area (Å²) in [6.45, 7) is 2.35. The van der Waals surface area contributed by atoms with Gasteiger partial charge in [-0.2, -0.15) is 13.2 Å². The predicted molar refractivity (Wildman–Crippen MR) is 98.7 cm³/mol. The van der Waals surface area contributed by atoms with E-state index in [1.54, 1.807) is 25.1 Å². The molecule has 0 saturated carbocycles. The van der Waals surface area contributed by atoms with Crippen LogP contribution in [0.5, 0.6) is 0 Å². The number of hydrogen-bond acceptors (Lipinski definition) is 2. The summed E-state index contributed by atoms with van der Waals surface area (Å²) >= 11 is 6.14. The van der Waals surface area contributed by atoms with Crippen LogP contribution in [-0.2, 0) is 0 Å². The minimum absolute atomic E-state index is 0.204. The molecule has 0 aliphatic heterocycles. The van der Waals surface area contributed by atoms with Crippen molar-refractivity contribution in [2.75, 3.05) is 13.7 Å². The van der Waals surface area contributed by atoms with E-state index in [0.29, 0.717) is 34.9 Å². The Kier molecular flexibility index (Phi) is 8.41. The van der Waals surface area contributed by atoms with Crippen molar-refractivity contribution in [2.24, 2.45) is 0 Å². The maximum atomic E-state index is 13.4. The first kappa shape index (κ1) is 23.9. The van der Waals surface area contributed by atoms with Crippen molar-refractivity contribution in [1.29, 1.82) is 0 Å². The molecule has 1 heterocycles. The Morgan fingerprint density at radius 1 is 1.21 bits per heavy atom. The van der Waals surface area contributed by atoms with Crippen LogP contribution in [0.1, 0.15) is 19.4 Å². The number of hydrogen-bond donors (Lipinski definition) is 2. The molecule has 0 aliphatic carbocycles. The minimum atomic E-state index is -5.25. The van der Waals surface area contributed by atoms with Crippen LogP contribution in [0.25, 0.3) is 16.5 Å². The highest BCUT2D eigenvalue weighted by Gasteiger charge is 2.45. The third-order valence-corrected chi connectivity index (χ3v) is 4.28. The van der Waals surface area contributed by atoms with Crippen LogP contribution in [-0.4, -0.2) is 37.2 Å². The molecule has 2 N–H and O–H groups in total. The van der Waals surface area contributed by atoms with Crippen LogP contribution < -0.4 is 10.9 Å². The number of aromatic amines is 1. The number of halogens is 7. The van der Waals surface area contributed by atoms with E-state index < -0.39 is 25.1 Å². The van der Waals surface area contributed by atoms with Gasteiger partial charge in [0.15, 0.2) is 6.17 Å². The Balaban J connectivity index is 0.00000190. The van der Waals surface area contributed by atoms with Gasteiger partial charge in [-0.05, 0) is 31.1 Å². The molecule has 2 atom stereocenters. The Morgan fingerprint density at radius 2 is 1.82 bits per heavy atom. The molecule has 1 aromatic carbocycles. The third-order valence-electron chi connectivity index (χ3n) is 3.98. The van der Waals surface area contributed by atoms with Gasteiger partial charge in [0.05, 0.1) is 17.7 Å². The van der Waals surface area contributed by atoms with Gasteiger partial charge >= 0.3 is 6.18 Å². The van der Waals surface area contributed by atoms with E-state index >= 15 is 0 Å². The number of benzene rings is 1. The molecule has 0 radical (unpaired) electrons. The monoisotopic (exact) mass is 428 g/mol. The molecule has 0 saturated heterocycles. The molecule has 0 aliphatic rings. The van der Waals surface area contributed by atoms with Gasteiger partial charge in [0, 0.05) is 23.7 Å². The number of allylic oxidation sites excluding steroid dienone is 2. The first-order chi connectivity index (χ1) is 13.0. The third kappa shape index (κ3) is 5.67. The van der Waals surface area contributed by atoms with Gasteiger partial charge in [-0.3, -0.25) is 9.18 Å². The van der Waals surface area contributed by atoms with Crippen molar-refractivity contribution < 1.29 is 26.3 Å². The number of pyridine rings is 1. The topological polar surface area (TPSA) is 44.9 Å². The maximum absolute atomic E-state index is 13.4. The molecule has 0 amide bonds. The van der Waals surface area contributed by atoms with Crippen LogP contribution in [0.3, 0.4) is 0 Å². The molecule has 1 aromatic heterocycles. The summed E-state index contributed by atoms with van der Waals surface area (Å²) in [5.41, 5.74) is 1.64. The summed E-state index contributed by atoms with van der Waals surface area (Å²) in [7, 11) is 0.500. The van der Waals surface area contributed by atoms with Crippen LogP contribution in [0, 0.1) is 0 Å². The molecule has 2 unspecified atom stereocenters. The quantitative estimate of drug-likeness (QED) is 0.631. The number of H-pyrrole nitrogens is 1. The number of alkyl halides is 6. The van der Waals surface area contributed by atoms with Crippen molar-refractivity contribution >= 4 is 28.1 Å². The second-order valence-electron chi connectivity index (χ2n) is 5.80. The molecular formula is C18H19ClF6N2O. The van der Waals surface area contributed by atoms with Crippen LogP contribution in [0.2, 0.25) is 5.02 Å². The Bertz CT molecular complexity index is 894. The fourth-order valence-electron chi connectivity index (χ4n) is 2.48. The summed E-state index contributed by atoms with van der Waals surface area (Å²) in [5.74, 6) is 0. The summed E-state index contributed by atoms with van der Waals surface area (Å²) in [4.78, 5) is 14.1. The summed E-state index contributed by atoms with van der Waals surface area (Å²) in [5, 5.41) is 3.23. The summed E-state index contributed by atoms with van der Waals surface area (Å²) in [6, 6.07) is 6.22. The average Bonchev–Trinajstić information content (AvgIpc) is 2.64. The molecule has 0 fully saturated rings. The molecule has 3 nitrogen and oxygen atoms in total. The standard InChI is InChI=1S/C17H16ClF5N2O.CH3F/c1-8(9(2)24-7-12(19)16(20)17(21,22)23)10-4-3-5-13-15(10)11(18)6-14(26)25-13;1-2/h3-6,12,16,24H,7H2,1-2H3,(H,25,26);1H3/b9-8-;. The average molecular weight is 429 g/mol. The molecular weight excluding hydrogens is 410 g/mol. The van der Waals surface area contributed by atoms with E-state index in [0.717, 1.165) is 0 Å². The fraction of sp³-hybridized carbons (Fsp3) is 0.389. The zero-order valence-corrected chi connectivity index (χ0v) is 16.0. The lowest BCUT2D eigenvalue weighted by Gasteiger charge is -2.19. The van der Waals surface area contributed by atoms with Gasteiger partial charge < -0.3 is 10.3 Å². The second kappa shape index (κ2) is 9.86. The highest BCUT2D eigenvalue weighted by Crippen LogP contribution is 2.30. The number of aromatic nitrogens is 1. The van der Waals surface area contributed by atoms with Crippen LogP contribution in [0.15, 0.2) is 34.8 Å². The van der Waals surface area contributed by atoms with Gasteiger partial charge in [-0.15, -0.1) is 0 Å². The second-order valence-corrected chi connectivity index (χ2v) is 6.21. The lowest BCUT2D eigenvalue weighted by molar-refractivity contribution is -0.195. The normalized spacial score (nSPS) is 14.6. The van der Waals surface area contributed by atoms with E-state index in [9.17, 15) is 31.1 Å². The summed E-state index contributed by atoms with van der Waals surface area (Å²) in [6.07, 6.45) is -11.5. The highest BCUT2D eigenvalue weighted by molar-refractivity contribution is 6.36. The van der Waals surface area contributed by atoms with Crippen LogP contribution in [0.4, 0.5) is 26.3 Å². The molecule has 0 bridgehead atoms. The first-order valence-corrected chi connectivity index (χ1v) is 8.36.